The summed E-state index contributed by atoms with van der Waals surface area (Å²) >= 11 is 0. The number of benzene rings is 1. The lowest BCUT2D eigenvalue weighted by Crippen LogP contribution is -2.41. The fourth-order valence-electron chi connectivity index (χ4n) is 2.50. The summed E-state index contributed by atoms with van der Waals surface area (Å²) in [7, 11) is 0. The highest BCUT2D eigenvalue weighted by atomic mass is 16.2. The molecule has 1 fully saturated rings. The first kappa shape index (κ1) is 16.0. The fraction of sp³-hybridized carbons (Fsp3) is 0.438. The number of nitrogens with zero attached hydrogens (tertiary/aromatic N) is 1. The van der Waals surface area contributed by atoms with Gasteiger partial charge in [-0.15, -0.1) is 0 Å². The molecule has 1 aliphatic rings. The maximum atomic E-state index is 12.4. The van der Waals surface area contributed by atoms with Crippen molar-refractivity contribution < 1.29 is 14.4 Å². The van der Waals surface area contributed by atoms with Gasteiger partial charge in [-0.2, -0.15) is 0 Å². The second-order valence-electron chi connectivity index (χ2n) is 5.45. The highest BCUT2D eigenvalue weighted by Gasteiger charge is 2.26. The number of carbonyl (C=O) groups excluding carboxylic acids is 3. The lowest BCUT2D eigenvalue weighted by atomic mass is 9.96. The number of piperidine rings is 1. The van der Waals surface area contributed by atoms with Crippen LogP contribution in [-0.4, -0.2) is 35.7 Å². The number of likely N-dealkylation sites (tertiary alicyclic amines) is 1. The molecule has 0 spiro atoms. The Balaban J connectivity index is 1.96. The Bertz CT molecular complexity index is 561. The Morgan fingerprint density at radius 1 is 1.18 bits per heavy atom. The molecule has 22 heavy (non-hydrogen) atoms. The van der Waals surface area contributed by atoms with Gasteiger partial charge in [-0.1, -0.05) is 6.92 Å². The van der Waals surface area contributed by atoms with E-state index < -0.39 is 0 Å². The van der Waals surface area contributed by atoms with E-state index in [0.717, 1.165) is 0 Å². The molecule has 1 saturated heterocycles. The van der Waals surface area contributed by atoms with Gasteiger partial charge in [0.05, 0.1) is 0 Å². The minimum absolute atomic E-state index is 0.0590. The van der Waals surface area contributed by atoms with Crippen molar-refractivity contribution in [3.63, 3.8) is 0 Å². The quantitative estimate of drug-likeness (QED) is 0.880. The number of amides is 3. The van der Waals surface area contributed by atoms with E-state index in [1.807, 2.05) is 0 Å². The molecule has 3 amide bonds. The molecule has 0 atom stereocenters. The average Bonchev–Trinajstić information content (AvgIpc) is 2.55. The van der Waals surface area contributed by atoms with Crippen LogP contribution in [0.2, 0.25) is 0 Å². The molecule has 3 N–H and O–H groups in total. The molecule has 1 aliphatic heterocycles. The first-order chi connectivity index (χ1) is 10.5. The molecule has 1 aromatic carbocycles. The molecule has 2 rings (SSSR count). The van der Waals surface area contributed by atoms with E-state index in [1.165, 1.54) is 0 Å². The zero-order chi connectivity index (χ0) is 16.1. The van der Waals surface area contributed by atoms with Crippen LogP contribution in [0.5, 0.6) is 0 Å². The summed E-state index contributed by atoms with van der Waals surface area (Å²) < 4.78 is 0. The zero-order valence-corrected chi connectivity index (χ0v) is 12.7. The van der Waals surface area contributed by atoms with Crippen molar-refractivity contribution in [3.05, 3.63) is 29.8 Å². The number of nitrogens with one attached hydrogen (secondary N) is 1. The third-order valence-electron chi connectivity index (χ3n) is 3.92. The van der Waals surface area contributed by atoms with Gasteiger partial charge in [-0.25, -0.2) is 0 Å². The largest absolute Gasteiger partial charge is 0.369 e. The van der Waals surface area contributed by atoms with Gasteiger partial charge in [0, 0.05) is 36.7 Å². The van der Waals surface area contributed by atoms with Crippen LogP contribution in [0.15, 0.2) is 24.3 Å². The number of nitrogens with two attached hydrogens (primary N) is 1. The number of rotatable bonds is 4. The zero-order valence-electron chi connectivity index (χ0n) is 12.7. The lowest BCUT2D eigenvalue weighted by Gasteiger charge is -2.30. The Labute approximate surface area is 129 Å². The molecule has 0 aromatic heterocycles. The number of hydrogen-bond donors (Lipinski definition) is 2. The van der Waals surface area contributed by atoms with Crippen LogP contribution < -0.4 is 11.1 Å². The minimum atomic E-state index is -0.289. The first-order valence-electron chi connectivity index (χ1n) is 7.49. The summed E-state index contributed by atoms with van der Waals surface area (Å²) in [4.78, 5) is 36.6. The third-order valence-corrected chi connectivity index (χ3v) is 3.92. The predicted molar refractivity (Wildman–Crippen MR) is 83.2 cm³/mol. The highest BCUT2D eigenvalue weighted by molar-refractivity contribution is 5.96. The molecule has 0 bridgehead atoms. The molecule has 118 valence electrons. The summed E-state index contributed by atoms with van der Waals surface area (Å²) in [5.41, 5.74) is 6.54. The smallest absolute Gasteiger partial charge is 0.253 e. The Kier molecular flexibility index (Phi) is 5.14. The van der Waals surface area contributed by atoms with Crippen LogP contribution in [0.1, 0.15) is 36.5 Å². The van der Waals surface area contributed by atoms with E-state index >= 15 is 0 Å². The summed E-state index contributed by atoms with van der Waals surface area (Å²) in [6.45, 7) is 2.87. The molecule has 6 nitrogen and oxygen atoms in total. The van der Waals surface area contributed by atoms with Crippen molar-refractivity contribution in [2.24, 2.45) is 11.7 Å². The van der Waals surface area contributed by atoms with Crippen molar-refractivity contribution in [1.82, 2.24) is 4.90 Å². The van der Waals surface area contributed by atoms with Gasteiger partial charge < -0.3 is 16.0 Å². The van der Waals surface area contributed by atoms with Crippen molar-refractivity contribution in [1.29, 1.82) is 0 Å². The summed E-state index contributed by atoms with van der Waals surface area (Å²) in [5.74, 6) is -0.539. The Morgan fingerprint density at radius 3 is 2.27 bits per heavy atom. The van der Waals surface area contributed by atoms with Gasteiger partial charge in [0.15, 0.2) is 0 Å². The van der Waals surface area contributed by atoms with Crippen LogP contribution in [0.3, 0.4) is 0 Å². The molecule has 1 heterocycles. The van der Waals surface area contributed by atoms with Crippen molar-refractivity contribution in [2.45, 2.75) is 26.2 Å². The SMILES string of the molecule is CCC(=O)Nc1ccc(C(=O)N2CCC(C(N)=O)CC2)cc1. The van der Waals surface area contributed by atoms with E-state index in [1.54, 1.807) is 36.1 Å². The number of primary amides is 1. The molecule has 0 aliphatic carbocycles. The van der Waals surface area contributed by atoms with Crippen LogP contribution in [0.4, 0.5) is 5.69 Å². The molecule has 6 heteroatoms. The van der Waals surface area contributed by atoms with Gasteiger partial charge in [0.1, 0.15) is 0 Å². The second kappa shape index (κ2) is 7.06. The van der Waals surface area contributed by atoms with Crippen molar-refractivity contribution >= 4 is 23.4 Å². The summed E-state index contributed by atoms with van der Waals surface area (Å²) in [5, 5.41) is 2.74. The minimum Gasteiger partial charge on any atom is -0.369 e. The monoisotopic (exact) mass is 303 g/mol. The summed E-state index contributed by atoms with van der Waals surface area (Å²) in [6, 6.07) is 6.84. The molecule has 0 radical (unpaired) electrons. The highest BCUT2D eigenvalue weighted by Crippen LogP contribution is 2.19. The van der Waals surface area contributed by atoms with Gasteiger partial charge in [-0.3, -0.25) is 14.4 Å². The molecule has 1 aromatic rings. The van der Waals surface area contributed by atoms with Gasteiger partial charge in [-0.05, 0) is 37.1 Å². The molecular formula is C16H21N3O3. The second-order valence-corrected chi connectivity index (χ2v) is 5.45. The van der Waals surface area contributed by atoms with Crippen molar-refractivity contribution in [3.8, 4) is 0 Å². The van der Waals surface area contributed by atoms with Crippen LogP contribution in [0, 0.1) is 5.92 Å². The lowest BCUT2D eigenvalue weighted by molar-refractivity contribution is -0.123. The van der Waals surface area contributed by atoms with E-state index in [0.29, 0.717) is 43.6 Å². The van der Waals surface area contributed by atoms with Crippen LogP contribution in [0.25, 0.3) is 0 Å². The number of anilines is 1. The third kappa shape index (κ3) is 3.84. The van der Waals surface area contributed by atoms with E-state index in [-0.39, 0.29) is 23.6 Å². The molecular weight excluding hydrogens is 282 g/mol. The van der Waals surface area contributed by atoms with E-state index in [9.17, 15) is 14.4 Å². The van der Waals surface area contributed by atoms with Crippen LogP contribution in [-0.2, 0) is 9.59 Å². The normalized spacial score (nSPS) is 15.4. The van der Waals surface area contributed by atoms with Crippen molar-refractivity contribution in [2.75, 3.05) is 18.4 Å². The van der Waals surface area contributed by atoms with Gasteiger partial charge in [0.2, 0.25) is 11.8 Å². The predicted octanol–water partition coefficient (Wildman–Crippen LogP) is 1.37. The topological polar surface area (TPSA) is 92.5 Å². The average molecular weight is 303 g/mol. The number of carbonyl (C=O) groups is 3. The van der Waals surface area contributed by atoms with Gasteiger partial charge in [0.25, 0.3) is 5.91 Å². The van der Waals surface area contributed by atoms with Gasteiger partial charge >= 0.3 is 0 Å². The molecule has 0 saturated carbocycles. The maximum absolute atomic E-state index is 12.4. The van der Waals surface area contributed by atoms with E-state index in [2.05, 4.69) is 5.32 Å². The molecule has 0 unspecified atom stereocenters. The Morgan fingerprint density at radius 2 is 1.77 bits per heavy atom. The standard InChI is InChI=1S/C16H21N3O3/c1-2-14(20)18-13-5-3-12(4-6-13)16(22)19-9-7-11(8-10-19)15(17)21/h3-6,11H,2,7-10H2,1H3,(H2,17,21)(H,18,20). The fourth-order valence-corrected chi connectivity index (χ4v) is 2.50. The van der Waals surface area contributed by atoms with E-state index in [4.69, 9.17) is 5.73 Å². The van der Waals surface area contributed by atoms with Crippen LogP contribution >= 0.6 is 0 Å². The first-order valence-corrected chi connectivity index (χ1v) is 7.49. The summed E-state index contributed by atoms with van der Waals surface area (Å²) in [6.07, 6.45) is 1.65. The maximum Gasteiger partial charge on any atom is 0.253 e. The Hall–Kier alpha value is -2.37. The number of hydrogen-bond acceptors (Lipinski definition) is 3.